The molecule has 1 aromatic rings. The minimum Gasteiger partial charge on any atom is -0.508 e. The number of piperidine rings is 1. The van der Waals surface area contributed by atoms with Crippen molar-refractivity contribution in [3.63, 3.8) is 0 Å². The SMILES string of the molecule is CC1CCN(C(=O)c2ccc(O)cc2)CC1. The van der Waals surface area contributed by atoms with Gasteiger partial charge < -0.3 is 10.0 Å². The molecule has 1 heterocycles. The lowest BCUT2D eigenvalue weighted by Gasteiger charge is -2.30. The van der Waals surface area contributed by atoms with Crippen molar-refractivity contribution in [1.82, 2.24) is 4.90 Å². The second-order valence-electron chi connectivity index (χ2n) is 4.52. The molecular formula is C13H17NO2. The number of carbonyl (C=O) groups excluding carboxylic acids is 1. The van der Waals surface area contributed by atoms with E-state index in [2.05, 4.69) is 6.92 Å². The monoisotopic (exact) mass is 219 g/mol. The summed E-state index contributed by atoms with van der Waals surface area (Å²) >= 11 is 0. The summed E-state index contributed by atoms with van der Waals surface area (Å²) in [5, 5.41) is 9.16. The lowest BCUT2D eigenvalue weighted by atomic mass is 9.98. The lowest BCUT2D eigenvalue weighted by molar-refractivity contribution is 0.0697. The quantitative estimate of drug-likeness (QED) is 0.787. The van der Waals surface area contributed by atoms with Crippen LogP contribution >= 0.6 is 0 Å². The first-order valence-electron chi connectivity index (χ1n) is 5.75. The molecule has 86 valence electrons. The highest BCUT2D eigenvalue weighted by molar-refractivity contribution is 5.94. The van der Waals surface area contributed by atoms with Crippen molar-refractivity contribution >= 4 is 5.91 Å². The molecule has 0 spiro atoms. The second kappa shape index (κ2) is 4.56. The lowest BCUT2D eigenvalue weighted by Crippen LogP contribution is -2.37. The van der Waals surface area contributed by atoms with Crippen LogP contribution in [-0.2, 0) is 0 Å². The molecule has 1 amide bonds. The van der Waals surface area contributed by atoms with Crippen molar-refractivity contribution in [2.75, 3.05) is 13.1 Å². The summed E-state index contributed by atoms with van der Waals surface area (Å²) in [4.78, 5) is 14.0. The molecule has 1 fully saturated rings. The summed E-state index contributed by atoms with van der Waals surface area (Å²) in [5.74, 6) is 1.000. The number of hydrogen-bond acceptors (Lipinski definition) is 2. The van der Waals surface area contributed by atoms with Gasteiger partial charge in [-0.15, -0.1) is 0 Å². The molecule has 0 aromatic heterocycles. The molecule has 16 heavy (non-hydrogen) atoms. The van der Waals surface area contributed by atoms with Gasteiger partial charge in [-0.25, -0.2) is 0 Å². The zero-order valence-corrected chi connectivity index (χ0v) is 9.52. The summed E-state index contributed by atoms with van der Waals surface area (Å²) in [6, 6.07) is 6.46. The number of aromatic hydroxyl groups is 1. The highest BCUT2D eigenvalue weighted by atomic mass is 16.3. The van der Waals surface area contributed by atoms with Gasteiger partial charge in [0.25, 0.3) is 5.91 Å². The van der Waals surface area contributed by atoms with Gasteiger partial charge >= 0.3 is 0 Å². The van der Waals surface area contributed by atoms with Crippen LogP contribution in [0.1, 0.15) is 30.1 Å². The van der Waals surface area contributed by atoms with E-state index in [4.69, 9.17) is 5.11 Å². The normalized spacial score (nSPS) is 17.4. The van der Waals surface area contributed by atoms with Crippen LogP contribution in [0.25, 0.3) is 0 Å². The van der Waals surface area contributed by atoms with Crippen molar-refractivity contribution in [2.24, 2.45) is 5.92 Å². The maximum Gasteiger partial charge on any atom is 0.253 e. The number of phenolic OH excluding ortho intramolecular Hbond substituents is 1. The molecule has 0 saturated carbocycles. The third kappa shape index (κ3) is 2.35. The summed E-state index contributed by atoms with van der Waals surface area (Å²) < 4.78 is 0. The van der Waals surface area contributed by atoms with Crippen LogP contribution < -0.4 is 0 Å². The Balaban J connectivity index is 2.05. The Morgan fingerprint density at radius 1 is 1.25 bits per heavy atom. The van der Waals surface area contributed by atoms with Crippen LogP contribution in [0.5, 0.6) is 5.75 Å². The van der Waals surface area contributed by atoms with Crippen molar-refractivity contribution in [3.05, 3.63) is 29.8 Å². The van der Waals surface area contributed by atoms with Gasteiger partial charge in [0.15, 0.2) is 0 Å². The molecule has 1 N–H and O–H groups in total. The molecule has 3 heteroatoms. The topological polar surface area (TPSA) is 40.5 Å². The number of hydrogen-bond donors (Lipinski definition) is 1. The van der Waals surface area contributed by atoms with E-state index in [0.717, 1.165) is 31.8 Å². The van der Waals surface area contributed by atoms with E-state index in [-0.39, 0.29) is 11.7 Å². The molecule has 1 aromatic carbocycles. The molecule has 0 bridgehead atoms. The van der Waals surface area contributed by atoms with Crippen LogP contribution in [-0.4, -0.2) is 29.0 Å². The van der Waals surface area contributed by atoms with Crippen molar-refractivity contribution in [2.45, 2.75) is 19.8 Å². The number of benzene rings is 1. The van der Waals surface area contributed by atoms with Gasteiger partial charge in [0.2, 0.25) is 0 Å². The molecule has 3 nitrogen and oxygen atoms in total. The predicted molar refractivity (Wildman–Crippen MR) is 62.4 cm³/mol. The minimum absolute atomic E-state index is 0.0758. The smallest absolute Gasteiger partial charge is 0.253 e. The summed E-state index contributed by atoms with van der Waals surface area (Å²) in [6.07, 6.45) is 2.17. The zero-order valence-electron chi connectivity index (χ0n) is 9.52. The number of phenols is 1. The van der Waals surface area contributed by atoms with Crippen LogP contribution in [0.2, 0.25) is 0 Å². The molecule has 0 radical (unpaired) electrons. The highest BCUT2D eigenvalue weighted by Gasteiger charge is 2.21. The summed E-state index contributed by atoms with van der Waals surface area (Å²) in [7, 11) is 0. The first-order chi connectivity index (χ1) is 7.66. The van der Waals surface area contributed by atoms with Crippen molar-refractivity contribution < 1.29 is 9.90 Å². The van der Waals surface area contributed by atoms with Crippen molar-refractivity contribution in [3.8, 4) is 5.75 Å². The molecule has 2 rings (SSSR count). The van der Waals surface area contributed by atoms with Crippen LogP contribution in [0, 0.1) is 5.92 Å². The van der Waals surface area contributed by atoms with Gasteiger partial charge in [0.05, 0.1) is 0 Å². The fraction of sp³-hybridized carbons (Fsp3) is 0.462. The molecule has 0 aliphatic carbocycles. The van der Waals surface area contributed by atoms with E-state index in [1.54, 1.807) is 24.3 Å². The number of carbonyl (C=O) groups is 1. The van der Waals surface area contributed by atoms with Gasteiger partial charge in [-0.1, -0.05) is 6.92 Å². The summed E-state index contributed by atoms with van der Waals surface area (Å²) in [6.45, 7) is 3.92. The Morgan fingerprint density at radius 2 is 1.81 bits per heavy atom. The van der Waals surface area contributed by atoms with Crippen LogP contribution in [0.4, 0.5) is 0 Å². The Hall–Kier alpha value is -1.51. The third-order valence-electron chi connectivity index (χ3n) is 3.19. The van der Waals surface area contributed by atoms with Gasteiger partial charge in [-0.2, -0.15) is 0 Å². The van der Waals surface area contributed by atoms with E-state index in [1.165, 1.54) is 0 Å². The first kappa shape index (κ1) is 11.0. The molecular weight excluding hydrogens is 202 g/mol. The fourth-order valence-corrected chi connectivity index (χ4v) is 2.00. The number of nitrogens with zero attached hydrogens (tertiary/aromatic N) is 1. The number of rotatable bonds is 1. The average molecular weight is 219 g/mol. The van der Waals surface area contributed by atoms with E-state index in [1.807, 2.05) is 4.90 Å². The van der Waals surface area contributed by atoms with E-state index in [9.17, 15) is 4.79 Å². The maximum absolute atomic E-state index is 12.1. The largest absolute Gasteiger partial charge is 0.508 e. The first-order valence-corrected chi connectivity index (χ1v) is 5.75. The number of amides is 1. The Labute approximate surface area is 95.7 Å². The van der Waals surface area contributed by atoms with Gasteiger partial charge in [0, 0.05) is 18.7 Å². The third-order valence-corrected chi connectivity index (χ3v) is 3.19. The Kier molecular flexibility index (Phi) is 3.13. The van der Waals surface area contributed by atoms with Gasteiger partial charge in [-0.3, -0.25) is 4.79 Å². The van der Waals surface area contributed by atoms with Crippen LogP contribution in [0.3, 0.4) is 0 Å². The molecule has 1 aliphatic heterocycles. The number of likely N-dealkylation sites (tertiary alicyclic amines) is 1. The molecule has 1 saturated heterocycles. The maximum atomic E-state index is 12.1. The minimum atomic E-state index is 0.0758. The van der Waals surface area contributed by atoms with Gasteiger partial charge in [-0.05, 0) is 43.0 Å². The fourth-order valence-electron chi connectivity index (χ4n) is 2.00. The van der Waals surface area contributed by atoms with E-state index < -0.39 is 0 Å². The molecule has 1 aliphatic rings. The highest BCUT2D eigenvalue weighted by Crippen LogP contribution is 2.19. The molecule has 0 atom stereocenters. The zero-order chi connectivity index (χ0) is 11.5. The van der Waals surface area contributed by atoms with E-state index >= 15 is 0 Å². The van der Waals surface area contributed by atoms with Crippen LogP contribution in [0.15, 0.2) is 24.3 Å². The molecule has 0 unspecified atom stereocenters. The van der Waals surface area contributed by atoms with E-state index in [0.29, 0.717) is 5.56 Å². The van der Waals surface area contributed by atoms with Gasteiger partial charge in [0.1, 0.15) is 5.75 Å². The Bertz CT molecular complexity index is 364. The summed E-state index contributed by atoms with van der Waals surface area (Å²) in [5.41, 5.74) is 0.660. The standard InChI is InChI=1S/C13H17NO2/c1-10-6-8-14(9-7-10)13(16)11-2-4-12(15)5-3-11/h2-5,10,15H,6-9H2,1H3. The average Bonchev–Trinajstić information content (AvgIpc) is 2.30. The Morgan fingerprint density at radius 3 is 2.38 bits per heavy atom. The second-order valence-corrected chi connectivity index (χ2v) is 4.52. The van der Waals surface area contributed by atoms with Crippen molar-refractivity contribution in [1.29, 1.82) is 0 Å². The predicted octanol–water partition coefficient (Wildman–Crippen LogP) is 2.26.